The minimum absolute atomic E-state index is 0.132. The molecule has 1 saturated heterocycles. The van der Waals surface area contributed by atoms with Crippen LogP contribution in [0.3, 0.4) is 0 Å². The predicted molar refractivity (Wildman–Crippen MR) is 82.1 cm³/mol. The van der Waals surface area contributed by atoms with Crippen molar-refractivity contribution in [2.75, 3.05) is 23.7 Å². The van der Waals surface area contributed by atoms with Gasteiger partial charge in [0, 0.05) is 18.8 Å². The molecule has 1 heterocycles. The molecular formula is C14H23N3O2S. The van der Waals surface area contributed by atoms with E-state index in [1.54, 1.807) is 12.1 Å². The third-order valence-corrected chi connectivity index (χ3v) is 5.00. The summed E-state index contributed by atoms with van der Waals surface area (Å²) in [6, 6.07) is 4.94. The van der Waals surface area contributed by atoms with E-state index in [1.165, 1.54) is 18.9 Å². The lowest BCUT2D eigenvalue weighted by molar-refractivity contribution is 0.459. The Morgan fingerprint density at radius 2 is 2.05 bits per heavy atom. The lowest BCUT2D eigenvalue weighted by Gasteiger charge is -2.25. The number of nitrogen functional groups attached to an aromatic ring is 1. The van der Waals surface area contributed by atoms with Gasteiger partial charge in [0.15, 0.2) is 0 Å². The minimum atomic E-state index is -3.76. The van der Waals surface area contributed by atoms with Gasteiger partial charge in [0.2, 0.25) is 10.0 Å². The Bertz CT molecular complexity index is 572. The molecule has 0 saturated carbocycles. The lowest BCUT2D eigenvalue weighted by atomic mass is 9.98. The number of rotatable bonds is 3. The van der Waals surface area contributed by atoms with Gasteiger partial charge in [-0.05, 0) is 43.4 Å². The number of hydrogen-bond acceptors (Lipinski definition) is 4. The van der Waals surface area contributed by atoms with Crippen LogP contribution in [0.5, 0.6) is 0 Å². The SMILES string of the molecule is CCC1CCCN(c2ccc(N)cc2S(N)(=O)=O)CC1. The molecule has 0 aliphatic carbocycles. The van der Waals surface area contributed by atoms with Crippen LogP contribution in [-0.4, -0.2) is 21.5 Å². The quantitative estimate of drug-likeness (QED) is 0.834. The smallest absolute Gasteiger partial charge is 0.240 e. The summed E-state index contributed by atoms with van der Waals surface area (Å²) in [4.78, 5) is 2.25. The van der Waals surface area contributed by atoms with E-state index >= 15 is 0 Å². The molecule has 0 amide bonds. The van der Waals surface area contributed by atoms with Gasteiger partial charge in [0.25, 0.3) is 0 Å². The van der Waals surface area contributed by atoms with Crippen molar-refractivity contribution in [2.24, 2.45) is 11.1 Å². The van der Waals surface area contributed by atoms with Crippen LogP contribution in [0.25, 0.3) is 0 Å². The first kappa shape index (κ1) is 15.1. The number of anilines is 2. The van der Waals surface area contributed by atoms with Crippen molar-refractivity contribution in [1.29, 1.82) is 0 Å². The topological polar surface area (TPSA) is 89.4 Å². The van der Waals surface area contributed by atoms with Crippen LogP contribution in [0.1, 0.15) is 32.6 Å². The Labute approximate surface area is 121 Å². The molecule has 1 atom stereocenters. The molecule has 0 bridgehead atoms. The summed E-state index contributed by atoms with van der Waals surface area (Å²) in [5.41, 5.74) is 6.78. The van der Waals surface area contributed by atoms with E-state index in [0.29, 0.717) is 11.4 Å². The van der Waals surface area contributed by atoms with Crippen molar-refractivity contribution in [3.05, 3.63) is 18.2 Å². The van der Waals surface area contributed by atoms with Crippen molar-refractivity contribution in [3.8, 4) is 0 Å². The van der Waals surface area contributed by atoms with Gasteiger partial charge in [0.05, 0.1) is 5.69 Å². The highest BCUT2D eigenvalue weighted by atomic mass is 32.2. The number of primary sulfonamides is 1. The Hall–Kier alpha value is -1.27. The van der Waals surface area contributed by atoms with Gasteiger partial charge < -0.3 is 10.6 Å². The van der Waals surface area contributed by atoms with E-state index < -0.39 is 10.0 Å². The Morgan fingerprint density at radius 3 is 2.70 bits per heavy atom. The molecule has 1 aromatic carbocycles. The summed E-state index contributed by atoms with van der Waals surface area (Å²) >= 11 is 0. The largest absolute Gasteiger partial charge is 0.399 e. The van der Waals surface area contributed by atoms with E-state index in [0.717, 1.165) is 31.8 Å². The molecule has 2 rings (SSSR count). The first-order valence-corrected chi connectivity index (χ1v) is 8.63. The maximum atomic E-state index is 11.8. The number of benzene rings is 1. The minimum Gasteiger partial charge on any atom is -0.399 e. The second-order valence-electron chi connectivity index (χ2n) is 5.46. The lowest BCUT2D eigenvalue weighted by Crippen LogP contribution is -2.27. The van der Waals surface area contributed by atoms with E-state index in [9.17, 15) is 8.42 Å². The van der Waals surface area contributed by atoms with Crippen LogP contribution in [0.2, 0.25) is 0 Å². The molecule has 5 nitrogen and oxygen atoms in total. The van der Waals surface area contributed by atoms with Crippen molar-refractivity contribution in [3.63, 3.8) is 0 Å². The molecule has 112 valence electrons. The molecule has 1 aromatic rings. The van der Waals surface area contributed by atoms with Crippen molar-refractivity contribution in [2.45, 2.75) is 37.5 Å². The summed E-state index contributed by atoms with van der Waals surface area (Å²) < 4.78 is 23.5. The molecule has 0 radical (unpaired) electrons. The van der Waals surface area contributed by atoms with Gasteiger partial charge >= 0.3 is 0 Å². The molecule has 1 aliphatic heterocycles. The molecule has 20 heavy (non-hydrogen) atoms. The Balaban J connectivity index is 2.33. The average Bonchev–Trinajstić information content (AvgIpc) is 2.63. The summed E-state index contributed by atoms with van der Waals surface area (Å²) in [5, 5.41) is 5.32. The number of nitrogens with two attached hydrogens (primary N) is 2. The van der Waals surface area contributed by atoms with Gasteiger partial charge in [-0.25, -0.2) is 13.6 Å². The van der Waals surface area contributed by atoms with E-state index in [2.05, 4.69) is 11.8 Å². The van der Waals surface area contributed by atoms with Gasteiger partial charge in [-0.1, -0.05) is 13.3 Å². The third-order valence-electron chi connectivity index (χ3n) is 4.06. The fourth-order valence-corrected chi connectivity index (χ4v) is 3.62. The fourth-order valence-electron chi connectivity index (χ4n) is 2.83. The highest BCUT2D eigenvalue weighted by Crippen LogP contribution is 2.30. The van der Waals surface area contributed by atoms with E-state index in [4.69, 9.17) is 10.9 Å². The normalized spacial score (nSPS) is 20.7. The van der Waals surface area contributed by atoms with Crippen LogP contribution in [0.4, 0.5) is 11.4 Å². The molecule has 0 spiro atoms. The second kappa shape index (κ2) is 6.01. The maximum absolute atomic E-state index is 11.8. The molecule has 0 aromatic heterocycles. The fraction of sp³-hybridized carbons (Fsp3) is 0.571. The Kier molecular flexibility index (Phi) is 4.55. The summed E-state index contributed by atoms with van der Waals surface area (Å²) in [6.07, 6.45) is 4.54. The molecule has 4 N–H and O–H groups in total. The highest BCUT2D eigenvalue weighted by molar-refractivity contribution is 7.89. The number of hydrogen-bond donors (Lipinski definition) is 2. The predicted octanol–water partition coefficient (Wildman–Crippen LogP) is 1.93. The zero-order valence-corrected chi connectivity index (χ0v) is 12.7. The first-order chi connectivity index (χ1) is 9.41. The number of sulfonamides is 1. The molecular weight excluding hydrogens is 274 g/mol. The van der Waals surface area contributed by atoms with Crippen LogP contribution < -0.4 is 15.8 Å². The zero-order chi connectivity index (χ0) is 14.8. The second-order valence-corrected chi connectivity index (χ2v) is 6.99. The average molecular weight is 297 g/mol. The van der Waals surface area contributed by atoms with E-state index in [1.807, 2.05) is 0 Å². The van der Waals surface area contributed by atoms with Crippen LogP contribution in [-0.2, 0) is 10.0 Å². The van der Waals surface area contributed by atoms with Crippen molar-refractivity contribution < 1.29 is 8.42 Å². The van der Waals surface area contributed by atoms with E-state index in [-0.39, 0.29) is 4.90 Å². The number of nitrogens with zero attached hydrogens (tertiary/aromatic N) is 1. The zero-order valence-electron chi connectivity index (χ0n) is 11.9. The van der Waals surface area contributed by atoms with Crippen LogP contribution >= 0.6 is 0 Å². The molecule has 1 unspecified atom stereocenters. The van der Waals surface area contributed by atoms with Gasteiger partial charge in [-0.3, -0.25) is 0 Å². The molecule has 1 fully saturated rings. The first-order valence-electron chi connectivity index (χ1n) is 7.09. The Morgan fingerprint density at radius 1 is 1.30 bits per heavy atom. The maximum Gasteiger partial charge on any atom is 0.240 e. The monoisotopic (exact) mass is 297 g/mol. The molecule has 6 heteroatoms. The van der Waals surface area contributed by atoms with Crippen molar-refractivity contribution in [1.82, 2.24) is 0 Å². The summed E-state index contributed by atoms with van der Waals surface area (Å²) in [7, 11) is -3.76. The molecule has 1 aliphatic rings. The van der Waals surface area contributed by atoms with Gasteiger partial charge in [-0.15, -0.1) is 0 Å². The van der Waals surface area contributed by atoms with Gasteiger partial charge in [0.1, 0.15) is 4.90 Å². The summed E-state index contributed by atoms with van der Waals surface area (Å²) in [6.45, 7) is 3.94. The van der Waals surface area contributed by atoms with Gasteiger partial charge in [-0.2, -0.15) is 0 Å². The summed E-state index contributed by atoms with van der Waals surface area (Å²) in [5.74, 6) is 0.728. The standard InChI is InChI=1S/C14H23N3O2S/c1-2-11-4-3-8-17(9-7-11)13-6-5-12(15)10-14(13)20(16,18)19/h5-6,10-11H,2-4,7-9,15H2,1H3,(H2,16,18,19). The van der Waals surface area contributed by atoms with Crippen LogP contribution in [0.15, 0.2) is 23.1 Å². The third kappa shape index (κ3) is 3.43. The van der Waals surface area contributed by atoms with Crippen molar-refractivity contribution >= 4 is 21.4 Å². The highest BCUT2D eigenvalue weighted by Gasteiger charge is 2.22. The van der Waals surface area contributed by atoms with Crippen LogP contribution in [0, 0.1) is 5.92 Å².